The van der Waals surface area contributed by atoms with E-state index >= 15 is 0 Å². The number of hydrogen-bond donors (Lipinski definition) is 1. The second-order valence-corrected chi connectivity index (χ2v) is 7.39. The van der Waals surface area contributed by atoms with Gasteiger partial charge in [-0.1, -0.05) is 13.3 Å². The molecule has 7 heteroatoms. The number of unbranched alkanes of at least 4 members (excludes halogenated alkanes) is 1. The van der Waals surface area contributed by atoms with E-state index in [1.165, 1.54) is 4.90 Å². The molecule has 0 aromatic heterocycles. The van der Waals surface area contributed by atoms with E-state index in [2.05, 4.69) is 0 Å². The van der Waals surface area contributed by atoms with Gasteiger partial charge in [0.25, 0.3) is 17.7 Å². The summed E-state index contributed by atoms with van der Waals surface area (Å²) in [6.07, 6.45) is 3.66. The van der Waals surface area contributed by atoms with Gasteiger partial charge >= 0.3 is 0 Å². The van der Waals surface area contributed by atoms with Gasteiger partial charge in [-0.2, -0.15) is 0 Å². The Morgan fingerprint density at radius 3 is 2.63 bits per heavy atom. The Labute approximate surface area is 166 Å². The molecule has 2 N–H and O–H groups in total. The summed E-state index contributed by atoms with van der Waals surface area (Å²) in [5.74, 6) is -0.340. The third kappa shape index (κ3) is 4.17. The van der Waals surface area contributed by atoms with E-state index in [4.69, 9.17) is 5.73 Å². The Kier molecular flexibility index (Phi) is 7.00. The molecule has 2 aliphatic heterocycles. The fourth-order valence-corrected chi connectivity index (χ4v) is 3.75. The zero-order valence-electron chi connectivity index (χ0n) is 15.9. The minimum Gasteiger partial charge on any atom is -0.338 e. The molecule has 0 spiro atoms. The third-order valence-electron chi connectivity index (χ3n) is 5.44. The van der Waals surface area contributed by atoms with Crippen molar-refractivity contribution in [2.45, 2.75) is 45.6 Å². The zero-order chi connectivity index (χ0) is 18.8. The molecular formula is C20H28ClN3O3. The van der Waals surface area contributed by atoms with Gasteiger partial charge in [-0.3, -0.25) is 19.3 Å². The number of nitrogens with two attached hydrogens (primary N) is 1. The standard InChI is InChI=1S/C20H27N3O3.ClH/c1-3-4-10-23-19(25)16-8-7-14(11-17(16)20(23)26)18(24)22-9-5-6-15(12-22)13(2)21;/h7-8,11,13,15H,3-6,9-10,12,21H2,1-2H3;1H. The van der Waals surface area contributed by atoms with E-state index in [-0.39, 0.29) is 36.2 Å². The summed E-state index contributed by atoms with van der Waals surface area (Å²) in [5, 5.41) is 0. The van der Waals surface area contributed by atoms with Crippen LogP contribution in [-0.4, -0.2) is 53.2 Å². The molecule has 0 bridgehead atoms. The molecule has 1 saturated heterocycles. The van der Waals surface area contributed by atoms with E-state index in [1.807, 2.05) is 18.7 Å². The first-order chi connectivity index (χ1) is 12.4. The molecule has 0 radical (unpaired) electrons. The van der Waals surface area contributed by atoms with Crippen LogP contribution in [0.3, 0.4) is 0 Å². The van der Waals surface area contributed by atoms with Gasteiger partial charge in [-0.25, -0.2) is 0 Å². The van der Waals surface area contributed by atoms with Gasteiger partial charge < -0.3 is 10.6 Å². The van der Waals surface area contributed by atoms with Gasteiger partial charge in [0.15, 0.2) is 0 Å². The molecule has 6 nitrogen and oxygen atoms in total. The normalized spacial score (nSPS) is 20.3. The summed E-state index contributed by atoms with van der Waals surface area (Å²) in [6.45, 7) is 5.76. The molecule has 3 amide bonds. The van der Waals surface area contributed by atoms with Gasteiger partial charge in [0.2, 0.25) is 0 Å². The average Bonchev–Trinajstić information content (AvgIpc) is 2.89. The van der Waals surface area contributed by atoms with Crippen molar-refractivity contribution in [2.75, 3.05) is 19.6 Å². The number of amides is 3. The molecule has 148 valence electrons. The smallest absolute Gasteiger partial charge is 0.261 e. The highest BCUT2D eigenvalue weighted by atomic mass is 35.5. The molecule has 2 heterocycles. The summed E-state index contributed by atoms with van der Waals surface area (Å²) in [4.78, 5) is 41.0. The average molecular weight is 394 g/mol. The molecule has 2 aliphatic rings. The van der Waals surface area contributed by atoms with Crippen molar-refractivity contribution in [2.24, 2.45) is 11.7 Å². The Morgan fingerprint density at radius 1 is 1.26 bits per heavy atom. The minimum atomic E-state index is -0.291. The molecule has 27 heavy (non-hydrogen) atoms. The molecule has 0 saturated carbocycles. The van der Waals surface area contributed by atoms with Crippen LogP contribution in [0, 0.1) is 5.92 Å². The maximum Gasteiger partial charge on any atom is 0.261 e. The number of benzene rings is 1. The van der Waals surface area contributed by atoms with Crippen molar-refractivity contribution in [3.63, 3.8) is 0 Å². The summed E-state index contributed by atoms with van der Waals surface area (Å²) in [6, 6.07) is 4.91. The zero-order valence-corrected chi connectivity index (χ0v) is 16.8. The highest BCUT2D eigenvalue weighted by Gasteiger charge is 2.36. The Morgan fingerprint density at radius 2 is 1.96 bits per heavy atom. The monoisotopic (exact) mass is 393 g/mol. The Balaban J connectivity index is 0.00000261. The molecule has 0 aliphatic carbocycles. The lowest BCUT2D eigenvalue weighted by atomic mass is 9.91. The number of carbonyl (C=O) groups is 3. The lowest BCUT2D eigenvalue weighted by Gasteiger charge is -2.34. The molecule has 1 fully saturated rings. The van der Waals surface area contributed by atoms with Gasteiger partial charge in [0.05, 0.1) is 11.1 Å². The number of hydrogen-bond acceptors (Lipinski definition) is 4. The number of piperidine rings is 1. The summed E-state index contributed by atoms with van der Waals surface area (Å²) >= 11 is 0. The van der Waals surface area contributed by atoms with E-state index in [0.717, 1.165) is 25.7 Å². The van der Waals surface area contributed by atoms with Crippen LogP contribution in [0.25, 0.3) is 0 Å². The van der Waals surface area contributed by atoms with Crippen LogP contribution >= 0.6 is 12.4 Å². The van der Waals surface area contributed by atoms with Crippen LogP contribution in [0.2, 0.25) is 0 Å². The maximum atomic E-state index is 12.9. The second-order valence-electron chi connectivity index (χ2n) is 7.39. The third-order valence-corrected chi connectivity index (χ3v) is 5.44. The van der Waals surface area contributed by atoms with E-state index in [0.29, 0.717) is 42.2 Å². The number of halogens is 1. The van der Waals surface area contributed by atoms with E-state index in [9.17, 15) is 14.4 Å². The first-order valence-electron chi connectivity index (χ1n) is 9.49. The SMILES string of the molecule is CCCCN1C(=O)c2ccc(C(=O)N3CCCC(C(C)N)C3)cc2C1=O.Cl. The highest BCUT2D eigenvalue weighted by Crippen LogP contribution is 2.26. The molecule has 1 aromatic carbocycles. The van der Waals surface area contributed by atoms with Gasteiger partial charge in [0, 0.05) is 31.2 Å². The number of rotatable bonds is 5. The molecule has 3 rings (SSSR count). The number of fused-ring (bicyclic) bond motifs is 1. The van der Waals surface area contributed by atoms with Crippen LogP contribution in [0.4, 0.5) is 0 Å². The van der Waals surface area contributed by atoms with Crippen LogP contribution in [0.5, 0.6) is 0 Å². The van der Waals surface area contributed by atoms with Crippen LogP contribution in [-0.2, 0) is 0 Å². The predicted molar refractivity (Wildman–Crippen MR) is 106 cm³/mol. The fraction of sp³-hybridized carbons (Fsp3) is 0.550. The number of likely N-dealkylation sites (tertiary alicyclic amines) is 1. The van der Waals surface area contributed by atoms with Crippen molar-refractivity contribution in [3.8, 4) is 0 Å². The van der Waals surface area contributed by atoms with Gasteiger partial charge in [-0.05, 0) is 50.3 Å². The quantitative estimate of drug-likeness (QED) is 0.779. The number of imide groups is 1. The fourth-order valence-electron chi connectivity index (χ4n) is 3.75. The largest absolute Gasteiger partial charge is 0.338 e. The lowest BCUT2D eigenvalue weighted by molar-refractivity contribution is 0.0648. The maximum absolute atomic E-state index is 12.9. The van der Waals surface area contributed by atoms with E-state index in [1.54, 1.807) is 18.2 Å². The van der Waals surface area contributed by atoms with E-state index < -0.39 is 0 Å². The van der Waals surface area contributed by atoms with Crippen LogP contribution in [0.1, 0.15) is 70.6 Å². The van der Waals surface area contributed by atoms with Crippen LogP contribution in [0.15, 0.2) is 18.2 Å². The predicted octanol–water partition coefficient (Wildman–Crippen LogP) is 2.70. The topological polar surface area (TPSA) is 83.7 Å². The van der Waals surface area contributed by atoms with Crippen molar-refractivity contribution >= 4 is 30.1 Å². The van der Waals surface area contributed by atoms with Crippen molar-refractivity contribution in [1.82, 2.24) is 9.80 Å². The van der Waals surface area contributed by atoms with Crippen LogP contribution < -0.4 is 5.73 Å². The number of carbonyl (C=O) groups excluding carboxylic acids is 3. The number of nitrogens with zero attached hydrogens (tertiary/aromatic N) is 2. The van der Waals surface area contributed by atoms with Crippen molar-refractivity contribution in [3.05, 3.63) is 34.9 Å². The molecule has 2 atom stereocenters. The van der Waals surface area contributed by atoms with Crippen molar-refractivity contribution < 1.29 is 14.4 Å². The first kappa shape index (κ1) is 21.4. The summed E-state index contributed by atoms with van der Waals surface area (Å²) < 4.78 is 0. The minimum absolute atomic E-state index is 0. The molecular weight excluding hydrogens is 366 g/mol. The second kappa shape index (κ2) is 8.85. The molecule has 2 unspecified atom stereocenters. The lowest BCUT2D eigenvalue weighted by Crippen LogP contribution is -2.45. The summed E-state index contributed by atoms with van der Waals surface area (Å²) in [5.41, 5.74) is 7.21. The molecule has 1 aromatic rings. The highest BCUT2D eigenvalue weighted by molar-refractivity contribution is 6.22. The Hall–Kier alpha value is -1.92. The van der Waals surface area contributed by atoms with Gasteiger partial charge in [0.1, 0.15) is 0 Å². The van der Waals surface area contributed by atoms with Gasteiger partial charge in [-0.15, -0.1) is 12.4 Å². The van der Waals surface area contributed by atoms with Crippen molar-refractivity contribution in [1.29, 1.82) is 0 Å². The first-order valence-corrected chi connectivity index (χ1v) is 9.49. The summed E-state index contributed by atoms with van der Waals surface area (Å²) in [7, 11) is 0. The Bertz CT molecular complexity index is 735.